The second-order valence-electron chi connectivity index (χ2n) is 6.64. The highest BCUT2D eigenvalue weighted by molar-refractivity contribution is 5.79. The van der Waals surface area contributed by atoms with Crippen LogP contribution in [0.2, 0.25) is 0 Å². The molecule has 2 fully saturated rings. The highest BCUT2D eigenvalue weighted by atomic mass is 16.2. The molecule has 24 heavy (non-hydrogen) atoms. The Kier molecular flexibility index (Phi) is 4.11. The third-order valence-electron chi connectivity index (χ3n) is 5.07. The average Bonchev–Trinajstić information content (AvgIpc) is 3.07. The van der Waals surface area contributed by atoms with Crippen LogP contribution in [0.4, 0.5) is 5.95 Å². The minimum absolute atomic E-state index is 0.208. The van der Waals surface area contributed by atoms with Gasteiger partial charge < -0.3 is 9.80 Å². The molecule has 6 nitrogen and oxygen atoms in total. The van der Waals surface area contributed by atoms with E-state index in [1.807, 2.05) is 23.1 Å². The van der Waals surface area contributed by atoms with Gasteiger partial charge in [0.2, 0.25) is 11.9 Å². The molecule has 2 aromatic heterocycles. The first-order chi connectivity index (χ1) is 11.8. The van der Waals surface area contributed by atoms with E-state index in [-0.39, 0.29) is 5.91 Å². The summed E-state index contributed by atoms with van der Waals surface area (Å²) in [5.74, 6) is 2.12. The Hall–Kier alpha value is -2.50. The molecule has 2 aliphatic heterocycles. The highest BCUT2D eigenvalue weighted by Crippen LogP contribution is 2.32. The van der Waals surface area contributed by atoms with E-state index < -0.39 is 0 Å². The zero-order valence-corrected chi connectivity index (χ0v) is 13.6. The van der Waals surface area contributed by atoms with Crippen LogP contribution in [0.5, 0.6) is 0 Å². The average molecular weight is 323 g/mol. The Morgan fingerprint density at radius 1 is 1.08 bits per heavy atom. The lowest BCUT2D eigenvalue weighted by molar-refractivity contribution is -0.129. The van der Waals surface area contributed by atoms with Gasteiger partial charge in [0.15, 0.2) is 0 Å². The van der Waals surface area contributed by atoms with E-state index in [0.717, 1.165) is 44.1 Å². The number of amides is 1. The van der Waals surface area contributed by atoms with Crippen LogP contribution in [0.3, 0.4) is 0 Å². The minimum atomic E-state index is 0.208. The smallest absolute Gasteiger partial charge is 0.227 e. The van der Waals surface area contributed by atoms with Gasteiger partial charge in [0.25, 0.3) is 0 Å². The number of carbonyl (C=O) groups excluding carboxylic acids is 1. The van der Waals surface area contributed by atoms with E-state index >= 15 is 0 Å². The number of aromatic nitrogens is 3. The summed E-state index contributed by atoms with van der Waals surface area (Å²) in [6.45, 7) is 3.63. The van der Waals surface area contributed by atoms with E-state index in [1.165, 1.54) is 0 Å². The molecule has 0 aliphatic carbocycles. The van der Waals surface area contributed by atoms with Gasteiger partial charge in [-0.05, 0) is 36.0 Å². The van der Waals surface area contributed by atoms with Gasteiger partial charge in [0, 0.05) is 51.0 Å². The lowest BCUT2D eigenvalue weighted by Crippen LogP contribution is -2.40. The van der Waals surface area contributed by atoms with Crippen molar-refractivity contribution in [1.29, 1.82) is 0 Å². The van der Waals surface area contributed by atoms with Crippen molar-refractivity contribution in [3.05, 3.63) is 48.5 Å². The summed E-state index contributed by atoms with van der Waals surface area (Å²) in [6.07, 6.45) is 8.62. The molecular formula is C18H21N5O. The van der Waals surface area contributed by atoms with Crippen molar-refractivity contribution >= 4 is 11.9 Å². The van der Waals surface area contributed by atoms with Gasteiger partial charge in [-0.15, -0.1) is 0 Å². The van der Waals surface area contributed by atoms with Crippen molar-refractivity contribution in [3.8, 4) is 0 Å². The van der Waals surface area contributed by atoms with Crippen LogP contribution in [0.25, 0.3) is 0 Å². The molecule has 0 unspecified atom stereocenters. The lowest BCUT2D eigenvalue weighted by Gasteiger charge is -2.34. The third kappa shape index (κ3) is 3.09. The van der Waals surface area contributed by atoms with Crippen LogP contribution in [-0.4, -0.2) is 51.9 Å². The number of likely N-dealkylation sites (tertiary alicyclic amines) is 1. The van der Waals surface area contributed by atoms with E-state index in [4.69, 9.17) is 0 Å². The fourth-order valence-electron chi connectivity index (χ4n) is 3.80. The van der Waals surface area contributed by atoms with Crippen LogP contribution >= 0.6 is 0 Å². The largest absolute Gasteiger partial charge is 0.342 e. The first-order valence-corrected chi connectivity index (χ1v) is 8.48. The fourth-order valence-corrected chi connectivity index (χ4v) is 3.80. The number of fused-ring (bicyclic) bond motifs is 1. The molecule has 0 saturated carbocycles. The Morgan fingerprint density at radius 2 is 1.92 bits per heavy atom. The molecule has 0 N–H and O–H groups in total. The minimum Gasteiger partial charge on any atom is -0.342 e. The maximum Gasteiger partial charge on any atom is 0.227 e. The van der Waals surface area contributed by atoms with Gasteiger partial charge >= 0.3 is 0 Å². The Morgan fingerprint density at radius 3 is 2.71 bits per heavy atom. The summed E-state index contributed by atoms with van der Waals surface area (Å²) in [6, 6.07) is 5.68. The number of pyridine rings is 1. The summed E-state index contributed by atoms with van der Waals surface area (Å²) in [5, 5.41) is 0. The summed E-state index contributed by atoms with van der Waals surface area (Å²) in [7, 11) is 0. The molecule has 0 aromatic carbocycles. The molecule has 2 atom stereocenters. The van der Waals surface area contributed by atoms with E-state index in [1.54, 1.807) is 24.8 Å². The number of rotatable bonds is 3. The van der Waals surface area contributed by atoms with Gasteiger partial charge in [0.05, 0.1) is 6.42 Å². The molecule has 0 bridgehead atoms. The van der Waals surface area contributed by atoms with E-state index in [0.29, 0.717) is 18.3 Å². The Bertz CT molecular complexity index is 693. The fraction of sp³-hybridized carbons (Fsp3) is 0.444. The molecule has 4 rings (SSSR count). The standard InChI is InChI=1S/C18H21N5O/c24-17(9-14-3-1-5-19-10-14)23-11-15-4-8-22(12-16(15)13-23)18-20-6-2-7-21-18/h1-3,5-7,10,15-16H,4,8-9,11-13H2/t15-,16+/m1/s1. The number of hydrogen-bond acceptors (Lipinski definition) is 5. The second kappa shape index (κ2) is 6.55. The van der Waals surface area contributed by atoms with Gasteiger partial charge in [-0.3, -0.25) is 9.78 Å². The Balaban J connectivity index is 1.38. The number of hydrogen-bond donors (Lipinski definition) is 0. The first kappa shape index (κ1) is 15.1. The summed E-state index contributed by atoms with van der Waals surface area (Å²) in [4.78, 5) is 29.6. The van der Waals surface area contributed by atoms with Gasteiger partial charge in [-0.25, -0.2) is 9.97 Å². The van der Waals surface area contributed by atoms with Crippen molar-refractivity contribution < 1.29 is 4.79 Å². The third-order valence-corrected chi connectivity index (χ3v) is 5.07. The monoisotopic (exact) mass is 323 g/mol. The molecular weight excluding hydrogens is 302 g/mol. The maximum atomic E-state index is 12.6. The molecule has 2 aromatic rings. The highest BCUT2D eigenvalue weighted by Gasteiger charge is 2.39. The van der Waals surface area contributed by atoms with Gasteiger partial charge in [0.1, 0.15) is 0 Å². The molecule has 1 amide bonds. The predicted octanol–water partition coefficient (Wildman–Crippen LogP) is 1.40. The molecule has 4 heterocycles. The number of piperidine rings is 1. The molecule has 2 saturated heterocycles. The quantitative estimate of drug-likeness (QED) is 0.854. The molecule has 0 radical (unpaired) electrons. The van der Waals surface area contributed by atoms with Gasteiger partial charge in [-0.2, -0.15) is 0 Å². The molecule has 6 heteroatoms. The number of nitrogens with zero attached hydrogens (tertiary/aromatic N) is 5. The van der Waals surface area contributed by atoms with Crippen molar-refractivity contribution in [2.75, 3.05) is 31.1 Å². The van der Waals surface area contributed by atoms with Crippen LogP contribution in [0, 0.1) is 11.8 Å². The zero-order chi connectivity index (χ0) is 16.4. The van der Waals surface area contributed by atoms with Gasteiger partial charge in [-0.1, -0.05) is 6.07 Å². The van der Waals surface area contributed by atoms with E-state index in [9.17, 15) is 4.79 Å². The van der Waals surface area contributed by atoms with Crippen LogP contribution in [0.15, 0.2) is 43.0 Å². The zero-order valence-electron chi connectivity index (χ0n) is 13.6. The summed E-state index contributed by atoms with van der Waals surface area (Å²) < 4.78 is 0. The molecule has 0 spiro atoms. The van der Waals surface area contributed by atoms with E-state index in [2.05, 4.69) is 19.9 Å². The normalized spacial score (nSPS) is 23.2. The molecule has 124 valence electrons. The topological polar surface area (TPSA) is 62.2 Å². The van der Waals surface area contributed by atoms with Crippen LogP contribution < -0.4 is 4.90 Å². The first-order valence-electron chi connectivity index (χ1n) is 8.48. The van der Waals surface area contributed by atoms with Crippen molar-refractivity contribution in [3.63, 3.8) is 0 Å². The Labute approximate surface area is 141 Å². The van der Waals surface area contributed by atoms with Crippen molar-refractivity contribution in [1.82, 2.24) is 19.9 Å². The lowest BCUT2D eigenvalue weighted by atomic mass is 9.89. The second-order valence-corrected chi connectivity index (χ2v) is 6.64. The SMILES string of the molecule is O=C(Cc1cccnc1)N1C[C@H]2CCN(c3ncccn3)C[C@H]2C1. The summed E-state index contributed by atoms with van der Waals surface area (Å²) >= 11 is 0. The van der Waals surface area contributed by atoms with Crippen molar-refractivity contribution in [2.45, 2.75) is 12.8 Å². The van der Waals surface area contributed by atoms with Crippen LogP contribution in [-0.2, 0) is 11.2 Å². The number of carbonyl (C=O) groups is 1. The van der Waals surface area contributed by atoms with Crippen LogP contribution in [0.1, 0.15) is 12.0 Å². The number of anilines is 1. The molecule has 2 aliphatic rings. The summed E-state index contributed by atoms with van der Waals surface area (Å²) in [5.41, 5.74) is 0.983. The van der Waals surface area contributed by atoms with Crippen molar-refractivity contribution in [2.24, 2.45) is 11.8 Å². The maximum absolute atomic E-state index is 12.6. The predicted molar refractivity (Wildman–Crippen MR) is 90.4 cm³/mol.